The Balaban J connectivity index is 2.31. The number of hydrogen-bond donors (Lipinski definition) is 5. The number of carbonyl (C=O) groups is 1. The zero-order valence-corrected chi connectivity index (χ0v) is 17.9. The number of aryl methyl sites for hydroxylation is 1. The Bertz CT molecular complexity index is 866. The van der Waals surface area contributed by atoms with E-state index in [9.17, 15) is 25.2 Å². The average Bonchev–Trinajstić information content (AvgIpc) is 2.73. The van der Waals surface area contributed by atoms with Gasteiger partial charge in [-0.1, -0.05) is 43.3 Å². The van der Waals surface area contributed by atoms with Gasteiger partial charge in [-0.15, -0.1) is 0 Å². The summed E-state index contributed by atoms with van der Waals surface area (Å²) in [5, 5.41) is 48.2. The lowest BCUT2D eigenvalue weighted by Gasteiger charge is -2.27. The molecule has 0 spiro atoms. The maximum absolute atomic E-state index is 12.5. The van der Waals surface area contributed by atoms with E-state index >= 15 is 0 Å². The highest BCUT2D eigenvalue weighted by Gasteiger charge is 2.34. The van der Waals surface area contributed by atoms with Gasteiger partial charge in [-0.05, 0) is 60.1 Å². The van der Waals surface area contributed by atoms with Gasteiger partial charge < -0.3 is 25.5 Å². The molecular formula is C24H32O6. The van der Waals surface area contributed by atoms with Crippen LogP contribution in [-0.4, -0.2) is 62.3 Å². The maximum atomic E-state index is 12.5. The number of allylic oxidation sites excluding steroid dienone is 6. The molecule has 1 aliphatic carbocycles. The van der Waals surface area contributed by atoms with Gasteiger partial charge in [-0.2, -0.15) is 0 Å². The summed E-state index contributed by atoms with van der Waals surface area (Å²) in [5.41, 5.74) is 6.19. The van der Waals surface area contributed by atoms with E-state index in [-0.39, 0.29) is 12.3 Å². The van der Waals surface area contributed by atoms with Gasteiger partial charge in [0.1, 0.15) is 24.4 Å². The average molecular weight is 417 g/mol. The van der Waals surface area contributed by atoms with Crippen molar-refractivity contribution in [1.82, 2.24) is 0 Å². The minimum atomic E-state index is -1.89. The molecule has 1 aromatic carbocycles. The van der Waals surface area contributed by atoms with Crippen LogP contribution in [0.15, 0.2) is 53.1 Å². The molecule has 1 aliphatic rings. The normalized spacial score (nSPS) is 22.5. The van der Waals surface area contributed by atoms with Gasteiger partial charge in [0.15, 0.2) is 5.78 Å². The van der Waals surface area contributed by atoms with Crippen LogP contribution in [0.3, 0.4) is 0 Å². The summed E-state index contributed by atoms with van der Waals surface area (Å²) >= 11 is 0. The molecule has 0 aromatic heterocycles. The van der Waals surface area contributed by atoms with E-state index < -0.39 is 36.8 Å². The van der Waals surface area contributed by atoms with Gasteiger partial charge in [0, 0.05) is 6.42 Å². The highest BCUT2D eigenvalue weighted by atomic mass is 16.4. The molecule has 0 fully saturated rings. The van der Waals surface area contributed by atoms with Gasteiger partial charge in [-0.3, -0.25) is 4.79 Å². The van der Waals surface area contributed by atoms with Crippen LogP contribution in [0.2, 0.25) is 0 Å². The van der Waals surface area contributed by atoms with Crippen LogP contribution in [0.1, 0.15) is 38.3 Å². The summed E-state index contributed by atoms with van der Waals surface area (Å²) < 4.78 is 0. The summed E-state index contributed by atoms with van der Waals surface area (Å²) in [6, 6.07) is 8.09. The molecule has 30 heavy (non-hydrogen) atoms. The first-order valence-corrected chi connectivity index (χ1v) is 10.1. The molecule has 5 atom stereocenters. The van der Waals surface area contributed by atoms with Crippen LogP contribution in [0.4, 0.5) is 0 Å². The van der Waals surface area contributed by atoms with E-state index in [1.165, 1.54) is 0 Å². The zero-order valence-electron chi connectivity index (χ0n) is 17.9. The van der Waals surface area contributed by atoms with Crippen molar-refractivity contribution in [3.63, 3.8) is 0 Å². The van der Waals surface area contributed by atoms with Crippen molar-refractivity contribution in [2.45, 2.75) is 58.5 Å². The quantitative estimate of drug-likeness (QED) is 0.440. The molecule has 1 aromatic rings. The first-order valence-electron chi connectivity index (χ1n) is 10.1. The zero-order chi connectivity index (χ0) is 22.6. The molecular weight excluding hydrogens is 384 g/mol. The van der Waals surface area contributed by atoms with Crippen molar-refractivity contribution in [2.75, 3.05) is 6.61 Å². The molecule has 6 heteroatoms. The summed E-state index contributed by atoms with van der Waals surface area (Å²) in [6.07, 6.45) is -3.52. The molecule has 0 heterocycles. The Kier molecular flexibility index (Phi) is 8.29. The predicted molar refractivity (Wildman–Crippen MR) is 116 cm³/mol. The van der Waals surface area contributed by atoms with Crippen LogP contribution in [0, 0.1) is 12.8 Å². The Morgan fingerprint density at radius 3 is 2.30 bits per heavy atom. The molecule has 0 amide bonds. The lowest BCUT2D eigenvalue weighted by Crippen LogP contribution is -2.48. The molecule has 164 valence electrons. The van der Waals surface area contributed by atoms with E-state index in [1.807, 2.05) is 31.2 Å². The smallest absolute Gasteiger partial charge is 0.168 e. The Hall–Kier alpha value is -2.09. The van der Waals surface area contributed by atoms with Crippen molar-refractivity contribution in [2.24, 2.45) is 5.92 Å². The fourth-order valence-corrected chi connectivity index (χ4v) is 3.95. The number of aliphatic hydroxyl groups excluding tert-OH is 5. The molecule has 0 bridgehead atoms. The number of hydrogen-bond acceptors (Lipinski definition) is 6. The monoisotopic (exact) mass is 416 g/mol. The second-order valence-corrected chi connectivity index (χ2v) is 7.97. The second-order valence-electron chi connectivity index (χ2n) is 7.97. The maximum Gasteiger partial charge on any atom is 0.168 e. The SMILES string of the molecule is CC1=C(CC(=O)[C@H](O)[C@@H](O)[C@H](O)[C@H](O)CO)C=CC(C)C1=C(C)c1ccccc1C. The molecule has 5 N–H and O–H groups in total. The van der Waals surface area contributed by atoms with E-state index in [2.05, 4.69) is 32.9 Å². The van der Waals surface area contributed by atoms with E-state index in [0.29, 0.717) is 0 Å². The Morgan fingerprint density at radius 1 is 1.07 bits per heavy atom. The summed E-state index contributed by atoms with van der Waals surface area (Å²) in [5.74, 6) is -0.520. The largest absolute Gasteiger partial charge is 0.394 e. The van der Waals surface area contributed by atoms with Crippen LogP contribution in [0.25, 0.3) is 5.57 Å². The number of Topliss-reactive ketones (excluding diaryl/α,β-unsaturated/α-hetero) is 1. The van der Waals surface area contributed by atoms with Gasteiger partial charge >= 0.3 is 0 Å². The molecule has 0 radical (unpaired) electrons. The summed E-state index contributed by atoms with van der Waals surface area (Å²) in [7, 11) is 0. The first-order chi connectivity index (χ1) is 14.1. The Labute approximate surface area is 177 Å². The molecule has 6 nitrogen and oxygen atoms in total. The van der Waals surface area contributed by atoms with Crippen molar-refractivity contribution in [1.29, 1.82) is 0 Å². The van der Waals surface area contributed by atoms with Gasteiger partial charge in [-0.25, -0.2) is 0 Å². The predicted octanol–water partition coefficient (Wildman–Crippen LogP) is 1.69. The minimum Gasteiger partial charge on any atom is -0.394 e. The Morgan fingerprint density at radius 2 is 1.70 bits per heavy atom. The number of aliphatic hydroxyl groups is 5. The van der Waals surface area contributed by atoms with Crippen molar-refractivity contribution >= 4 is 11.4 Å². The first kappa shape index (κ1) is 24.2. The molecule has 2 rings (SSSR count). The number of benzene rings is 1. The fourth-order valence-electron chi connectivity index (χ4n) is 3.95. The van der Waals surface area contributed by atoms with E-state index in [1.54, 1.807) is 0 Å². The van der Waals surface area contributed by atoms with Crippen molar-refractivity contribution < 1.29 is 30.3 Å². The van der Waals surface area contributed by atoms with Crippen molar-refractivity contribution in [3.8, 4) is 0 Å². The number of rotatable bonds is 8. The summed E-state index contributed by atoms with van der Waals surface area (Å²) in [4.78, 5) is 12.5. The summed E-state index contributed by atoms with van der Waals surface area (Å²) in [6.45, 7) is 7.34. The van der Waals surface area contributed by atoms with Gasteiger partial charge in [0.25, 0.3) is 0 Å². The third-order valence-electron chi connectivity index (χ3n) is 5.83. The standard InChI is InChI=1S/C24H32O6/c1-13-7-5-6-8-18(13)16(4)21-14(2)9-10-17(15(21)3)11-19(26)22(28)24(30)23(29)20(27)12-25/h5-10,14,20,22-25,27-30H,11-12H2,1-4H3/t14?,20-,22+,23-,24-/m1/s1. The minimum absolute atomic E-state index is 0.125. The van der Waals surface area contributed by atoms with Crippen LogP contribution >= 0.6 is 0 Å². The highest BCUT2D eigenvalue weighted by Crippen LogP contribution is 2.37. The third-order valence-corrected chi connectivity index (χ3v) is 5.83. The van der Waals surface area contributed by atoms with Gasteiger partial charge in [0.05, 0.1) is 6.61 Å². The number of carbonyl (C=O) groups excluding carboxylic acids is 1. The second kappa shape index (κ2) is 10.3. The highest BCUT2D eigenvalue weighted by molar-refractivity contribution is 5.87. The lowest BCUT2D eigenvalue weighted by atomic mass is 9.80. The molecule has 1 unspecified atom stereocenters. The van der Waals surface area contributed by atoms with Crippen LogP contribution in [-0.2, 0) is 4.79 Å². The fraction of sp³-hybridized carbons (Fsp3) is 0.458. The molecule has 0 aliphatic heterocycles. The van der Waals surface area contributed by atoms with Crippen LogP contribution in [0.5, 0.6) is 0 Å². The lowest BCUT2D eigenvalue weighted by molar-refractivity contribution is -0.146. The van der Waals surface area contributed by atoms with Crippen molar-refractivity contribution in [3.05, 3.63) is 64.3 Å². The third kappa shape index (κ3) is 5.14. The van der Waals surface area contributed by atoms with E-state index in [4.69, 9.17) is 5.11 Å². The molecule has 0 saturated heterocycles. The topological polar surface area (TPSA) is 118 Å². The van der Waals surface area contributed by atoms with E-state index in [0.717, 1.165) is 33.4 Å². The van der Waals surface area contributed by atoms with Crippen LogP contribution < -0.4 is 0 Å². The molecule has 0 saturated carbocycles. The van der Waals surface area contributed by atoms with Gasteiger partial charge in [0.2, 0.25) is 0 Å². The number of ketones is 1.